The van der Waals surface area contributed by atoms with Crippen molar-refractivity contribution in [3.63, 3.8) is 0 Å². The minimum Gasteiger partial charge on any atom is -0.465 e. The fourth-order valence-electron chi connectivity index (χ4n) is 2.86. The largest absolute Gasteiger partial charge is 0.465 e. The number of esters is 1. The van der Waals surface area contributed by atoms with Crippen LogP contribution >= 0.6 is 12.4 Å². The van der Waals surface area contributed by atoms with Gasteiger partial charge in [-0.25, -0.2) is 17.9 Å². The van der Waals surface area contributed by atoms with Crippen LogP contribution in [-0.2, 0) is 20.9 Å². The molecule has 1 saturated heterocycles. The van der Waals surface area contributed by atoms with Gasteiger partial charge in [-0.15, -0.1) is 12.4 Å². The van der Waals surface area contributed by atoms with Crippen LogP contribution in [0.2, 0.25) is 0 Å². The topological polar surface area (TPSA) is 84.5 Å². The van der Waals surface area contributed by atoms with Crippen LogP contribution < -0.4 is 10.0 Å². The van der Waals surface area contributed by atoms with Crippen molar-refractivity contribution in [1.29, 1.82) is 0 Å². The van der Waals surface area contributed by atoms with E-state index in [-0.39, 0.29) is 19.0 Å². The Morgan fingerprint density at radius 3 is 2.63 bits per heavy atom. The second kappa shape index (κ2) is 9.72. The van der Waals surface area contributed by atoms with E-state index >= 15 is 0 Å². The van der Waals surface area contributed by atoms with Gasteiger partial charge in [0.25, 0.3) is 0 Å². The average Bonchev–Trinajstić information content (AvgIpc) is 2.60. The molecule has 1 aliphatic rings. The third-order valence-corrected chi connectivity index (χ3v) is 5.71. The van der Waals surface area contributed by atoms with Crippen LogP contribution in [0.15, 0.2) is 23.1 Å². The molecule has 1 unspecified atom stereocenters. The molecule has 0 amide bonds. The van der Waals surface area contributed by atoms with Gasteiger partial charge < -0.3 is 10.1 Å². The number of alkyl halides is 3. The van der Waals surface area contributed by atoms with E-state index < -0.39 is 38.2 Å². The van der Waals surface area contributed by atoms with E-state index in [0.717, 1.165) is 45.2 Å². The third kappa shape index (κ3) is 6.34. The number of ether oxygens (including phenoxy) is 1. The lowest BCUT2D eigenvalue weighted by molar-refractivity contribution is -0.138. The predicted octanol–water partition coefficient (Wildman–Crippen LogP) is 2.58. The van der Waals surface area contributed by atoms with Crippen LogP contribution in [0, 0.1) is 5.92 Å². The Hall–Kier alpha value is -1.36. The SMILES string of the molecule is COC(=O)c1ccc(S(=O)(=O)NCCC2CCCNC2)cc1C(F)(F)F.Cl. The van der Waals surface area contributed by atoms with E-state index in [9.17, 15) is 26.4 Å². The molecule has 0 radical (unpaired) electrons. The van der Waals surface area contributed by atoms with Crippen molar-refractivity contribution >= 4 is 28.4 Å². The lowest BCUT2D eigenvalue weighted by Gasteiger charge is -2.22. The van der Waals surface area contributed by atoms with Crippen molar-refractivity contribution in [1.82, 2.24) is 10.0 Å². The second-order valence-corrected chi connectivity index (χ2v) is 7.86. The van der Waals surface area contributed by atoms with Crippen LogP contribution in [-0.4, -0.2) is 41.1 Å². The summed E-state index contributed by atoms with van der Waals surface area (Å²) < 4.78 is 70.8. The first-order chi connectivity index (χ1) is 12.1. The summed E-state index contributed by atoms with van der Waals surface area (Å²) in [6, 6.07) is 2.23. The quantitative estimate of drug-likeness (QED) is 0.678. The highest BCUT2D eigenvalue weighted by molar-refractivity contribution is 7.89. The number of carbonyl (C=O) groups excluding carboxylic acids is 1. The average molecular weight is 431 g/mol. The number of hydrogen-bond donors (Lipinski definition) is 2. The number of carbonyl (C=O) groups is 1. The standard InChI is InChI=1S/C16H21F3N2O4S.ClH/c1-25-15(22)13-5-4-12(9-14(13)16(17,18)19)26(23,24)21-8-6-11-3-2-7-20-10-11;/h4-5,9,11,20-21H,2-3,6-8,10H2,1H3;1H. The Morgan fingerprint density at radius 2 is 2.07 bits per heavy atom. The molecule has 1 atom stereocenters. The van der Waals surface area contributed by atoms with Gasteiger partial charge in [-0.05, 0) is 56.5 Å². The summed E-state index contributed by atoms with van der Waals surface area (Å²) >= 11 is 0. The molecule has 11 heteroatoms. The summed E-state index contributed by atoms with van der Waals surface area (Å²) in [5, 5.41) is 3.21. The summed E-state index contributed by atoms with van der Waals surface area (Å²) in [5.74, 6) is -0.849. The summed E-state index contributed by atoms with van der Waals surface area (Å²) in [6.45, 7) is 1.87. The summed E-state index contributed by atoms with van der Waals surface area (Å²) in [7, 11) is -3.16. The molecule has 1 aromatic carbocycles. The van der Waals surface area contributed by atoms with Crippen molar-refractivity contribution < 1.29 is 31.1 Å². The number of methoxy groups -OCH3 is 1. The van der Waals surface area contributed by atoms with Gasteiger partial charge in [-0.3, -0.25) is 0 Å². The van der Waals surface area contributed by atoms with Gasteiger partial charge in [0, 0.05) is 6.54 Å². The molecule has 0 aliphatic carbocycles. The van der Waals surface area contributed by atoms with Gasteiger partial charge >= 0.3 is 12.1 Å². The van der Waals surface area contributed by atoms with E-state index in [1.165, 1.54) is 0 Å². The van der Waals surface area contributed by atoms with Crippen molar-refractivity contribution in [3.8, 4) is 0 Å². The molecule has 2 N–H and O–H groups in total. The van der Waals surface area contributed by atoms with E-state index in [1.807, 2.05) is 0 Å². The van der Waals surface area contributed by atoms with Crippen LogP contribution in [0.3, 0.4) is 0 Å². The first kappa shape index (κ1) is 23.7. The van der Waals surface area contributed by atoms with Crippen LogP contribution in [0.25, 0.3) is 0 Å². The highest BCUT2D eigenvalue weighted by atomic mass is 35.5. The predicted molar refractivity (Wildman–Crippen MR) is 95.4 cm³/mol. The van der Waals surface area contributed by atoms with Crippen molar-refractivity contribution in [3.05, 3.63) is 29.3 Å². The van der Waals surface area contributed by atoms with Gasteiger partial charge in [0.1, 0.15) is 0 Å². The molecule has 0 saturated carbocycles. The number of piperidine rings is 1. The highest BCUT2D eigenvalue weighted by Gasteiger charge is 2.37. The minimum absolute atomic E-state index is 0. The number of hydrogen-bond acceptors (Lipinski definition) is 5. The zero-order valence-corrected chi connectivity index (χ0v) is 16.3. The molecule has 2 rings (SSSR count). The van der Waals surface area contributed by atoms with E-state index in [4.69, 9.17) is 0 Å². The molecule has 1 heterocycles. The van der Waals surface area contributed by atoms with Gasteiger partial charge in [0.15, 0.2) is 0 Å². The van der Waals surface area contributed by atoms with Gasteiger partial charge in [-0.1, -0.05) is 0 Å². The molecule has 6 nitrogen and oxygen atoms in total. The van der Waals surface area contributed by atoms with Crippen molar-refractivity contribution in [2.75, 3.05) is 26.7 Å². The van der Waals surface area contributed by atoms with Gasteiger partial charge in [0.2, 0.25) is 10.0 Å². The van der Waals surface area contributed by atoms with Crippen molar-refractivity contribution in [2.24, 2.45) is 5.92 Å². The molecule has 0 spiro atoms. The Kier molecular flexibility index (Phi) is 8.52. The maximum atomic E-state index is 13.2. The molecular weight excluding hydrogens is 409 g/mol. The van der Waals surface area contributed by atoms with Crippen LogP contribution in [0.4, 0.5) is 13.2 Å². The smallest absolute Gasteiger partial charge is 0.417 e. The molecule has 1 aliphatic heterocycles. The summed E-state index contributed by atoms with van der Waals surface area (Å²) in [6.07, 6.45) is -2.29. The maximum Gasteiger partial charge on any atom is 0.417 e. The van der Waals surface area contributed by atoms with E-state index in [0.29, 0.717) is 18.4 Å². The van der Waals surface area contributed by atoms with Crippen LogP contribution in [0.5, 0.6) is 0 Å². The number of benzene rings is 1. The summed E-state index contributed by atoms with van der Waals surface area (Å²) in [4.78, 5) is 11.0. The lowest BCUT2D eigenvalue weighted by atomic mass is 9.96. The number of sulfonamides is 1. The Morgan fingerprint density at radius 1 is 1.37 bits per heavy atom. The van der Waals surface area contributed by atoms with E-state index in [2.05, 4.69) is 14.8 Å². The number of rotatable bonds is 6. The number of nitrogens with one attached hydrogen (secondary N) is 2. The van der Waals surface area contributed by atoms with Crippen LogP contribution in [0.1, 0.15) is 35.2 Å². The normalized spacial score (nSPS) is 17.9. The Bertz CT molecular complexity index is 751. The van der Waals surface area contributed by atoms with Gasteiger partial charge in [-0.2, -0.15) is 13.2 Å². The minimum atomic E-state index is -4.89. The molecule has 0 aromatic heterocycles. The first-order valence-corrected chi connectivity index (χ1v) is 9.63. The lowest BCUT2D eigenvalue weighted by Crippen LogP contribution is -2.33. The monoisotopic (exact) mass is 430 g/mol. The molecule has 1 fully saturated rings. The zero-order valence-electron chi connectivity index (χ0n) is 14.6. The van der Waals surface area contributed by atoms with Crippen molar-refractivity contribution in [2.45, 2.75) is 30.3 Å². The zero-order chi connectivity index (χ0) is 19.4. The molecule has 27 heavy (non-hydrogen) atoms. The molecule has 0 bridgehead atoms. The van der Waals surface area contributed by atoms with Gasteiger partial charge in [0.05, 0.1) is 23.1 Å². The molecule has 1 aromatic rings. The molecule has 154 valence electrons. The first-order valence-electron chi connectivity index (χ1n) is 8.15. The highest BCUT2D eigenvalue weighted by Crippen LogP contribution is 2.34. The fraction of sp³-hybridized carbons (Fsp3) is 0.562. The second-order valence-electron chi connectivity index (χ2n) is 6.10. The molecular formula is C16H22ClF3N2O4S. The fourth-order valence-corrected chi connectivity index (χ4v) is 3.94. The Labute approximate surface area is 162 Å². The maximum absolute atomic E-state index is 13.2. The van der Waals surface area contributed by atoms with E-state index in [1.54, 1.807) is 0 Å². The third-order valence-electron chi connectivity index (χ3n) is 4.26. The Balaban J connectivity index is 0.00000364. The number of halogens is 4. The summed E-state index contributed by atoms with van der Waals surface area (Å²) in [5.41, 5.74) is -2.07.